The lowest BCUT2D eigenvalue weighted by Gasteiger charge is -2.38. The van der Waals surface area contributed by atoms with Gasteiger partial charge in [0.15, 0.2) is 0 Å². The van der Waals surface area contributed by atoms with Crippen LogP contribution in [0.25, 0.3) is 0 Å². The van der Waals surface area contributed by atoms with Crippen LogP contribution >= 0.6 is 0 Å². The molecule has 3 nitrogen and oxygen atoms in total. The standard InChI is InChI=1S/C13H27N3/c1-3-11(2)16-8-6-15(7-9-16)10-13(14)12-4-5-12/h11-13H,3-10,14H2,1-2H3. The third kappa shape index (κ3) is 3.19. The average Bonchev–Trinajstić information content (AvgIpc) is 3.13. The number of hydrogen-bond donors (Lipinski definition) is 1. The van der Waals surface area contributed by atoms with Crippen molar-refractivity contribution in [3.05, 3.63) is 0 Å². The van der Waals surface area contributed by atoms with Gasteiger partial charge in [0.05, 0.1) is 0 Å². The second-order valence-electron chi connectivity index (χ2n) is 5.60. The molecule has 0 aromatic rings. The van der Waals surface area contributed by atoms with E-state index in [0.717, 1.165) is 18.5 Å². The molecule has 2 atom stereocenters. The lowest BCUT2D eigenvalue weighted by molar-refractivity contribution is 0.0953. The molecule has 1 saturated carbocycles. The summed E-state index contributed by atoms with van der Waals surface area (Å²) in [5, 5.41) is 0. The van der Waals surface area contributed by atoms with Gasteiger partial charge in [-0.05, 0) is 32.1 Å². The van der Waals surface area contributed by atoms with Gasteiger partial charge in [0.2, 0.25) is 0 Å². The number of rotatable bonds is 5. The van der Waals surface area contributed by atoms with Gasteiger partial charge in [0.25, 0.3) is 0 Å². The molecule has 2 rings (SSSR count). The molecule has 2 fully saturated rings. The Morgan fingerprint density at radius 3 is 2.31 bits per heavy atom. The monoisotopic (exact) mass is 225 g/mol. The minimum absolute atomic E-state index is 0.440. The lowest BCUT2D eigenvalue weighted by Crippen LogP contribution is -2.52. The minimum atomic E-state index is 0.440. The molecule has 0 aromatic heterocycles. The highest BCUT2D eigenvalue weighted by Crippen LogP contribution is 2.31. The molecule has 2 aliphatic rings. The molecule has 0 radical (unpaired) electrons. The van der Waals surface area contributed by atoms with Gasteiger partial charge in [-0.2, -0.15) is 0 Å². The van der Waals surface area contributed by atoms with Crippen molar-refractivity contribution in [3.63, 3.8) is 0 Å². The van der Waals surface area contributed by atoms with Gasteiger partial charge in [0.1, 0.15) is 0 Å². The summed E-state index contributed by atoms with van der Waals surface area (Å²) in [5.41, 5.74) is 6.18. The first kappa shape index (κ1) is 12.3. The van der Waals surface area contributed by atoms with E-state index in [0.29, 0.717) is 6.04 Å². The Hall–Kier alpha value is -0.120. The number of hydrogen-bond acceptors (Lipinski definition) is 3. The van der Waals surface area contributed by atoms with E-state index in [-0.39, 0.29) is 0 Å². The Kier molecular flexibility index (Phi) is 4.22. The van der Waals surface area contributed by atoms with Gasteiger partial charge in [-0.1, -0.05) is 6.92 Å². The van der Waals surface area contributed by atoms with Gasteiger partial charge in [-0.15, -0.1) is 0 Å². The van der Waals surface area contributed by atoms with Crippen LogP contribution in [0.5, 0.6) is 0 Å². The quantitative estimate of drug-likeness (QED) is 0.761. The fourth-order valence-electron chi connectivity index (χ4n) is 2.62. The molecule has 1 aliphatic heterocycles. The zero-order chi connectivity index (χ0) is 11.5. The van der Waals surface area contributed by atoms with Crippen LogP contribution in [0, 0.1) is 5.92 Å². The molecule has 1 aliphatic carbocycles. The van der Waals surface area contributed by atoms with Crippen LogP contribution in [0.4, 0.5) is 0 Å². The summed E-state index contributed by atoms with van der Waals surface area (Å²) in [6.45, 7) is 10.6. The second kappa shape index (κ2) is 5.48. The maximum atomic E-state index is 6.18. The zero-order valence-electron chi connectivity index (χ0n) is 10.9. The fourth-order valence-corrected chi connectivity index (χ4v) is 2.62. The Bertz CT molecular complexity index is 207. The van der Waals surface area contributed by atoms with E-state index in [1.54, 1.807) is 0 Å². The van der Waals surface area contributed by atoms with Crippen LogP contribution < -0.4 is 5.73 Å². The average molecular weight is 225 g/mol. The van der Waals surface area contributed by atoms with Gasteiger partial charge in [-0.25, -0.2) is 0 Å². The van der Waals surface area contributed by atoms with E-state index in [1.165, 1.54) is 45.4 Å². The molecule has 0 spiro atoms. The largest absolute Gasteiger partial charge is 0.326 e. The first-order chi connectivity index (χ1) is 7.70. The smallest absolute Gasteiger partial charge is 0.0196 e. The summed E-state index contributed by atoms with van der Waals surface area (Å²) in [6.07, 6.45) is 4.00. The molecule has 1 heterocycles. The van der Waals surface area contributed by atoms with Crippen molar-refractivity contribution >= 4 is 0 Å². The summed E-state index contributed by atoms with van der Waals surface area (Å²) in [7, 11) is 0. The molecule has 2 unspecified atom stereocenters. The van der Waals surface area contributed by atoms with Crippen LogP contribution in [0.1, 0.15) is 33.1 Å². The van der Waals surface area contributed by atoms with Crippen LogP contribution in [0.15, 0.2) is 0 Å². The van der Waals surface area contributed by atoms with E-state index in [4.69, 9.17) is 5.73 Å². The van der Waals surface area contributed by atoms with Crippen LogP contribution in [0.3, 0.4) is 0 Å². The molecule has 1 saturated heterocycles. The third-order valence-corrected chi connectivity index (χ3v) is 4.32. The molecule has 16 heavy (non-hydrogen) atoms. The summed E-state index contributed by atoms with van der Waals surface area (Å²) >= 11 is 0. The first-order valence-corrected chi connectivity index (χ1v) is 6.92. The van der Waals surface area contributed by atoms with E-state index in [2.05, 4.69) is 23.6 Å². The Balaban J connectivity index is 1.68. The van der Waals surface area contributed by atoms with Gasteiger partial charge < -0.3 is 5.73 Å². The van der Waals surface area contributed by atoms with Crippen molar-refractivity contribution in [1.29, 1.82) is 0 Å². The van der Waals surface area contributed by atoms with Crippen molar-refractivity contribution < 1.29 is 0 Å². The van der Waals surface area contributed by atoms with Crippen LogP contribution in [-0.4, -0.2) is 54.6 Å². The van der Waals surface area contributed by atoms with Crippen molar-refractivity contribution in [2.45, 2.75) is 45.2 Å². The Labute approximate surface area is 100.0 Å². The highest BCUT2D eigenvalue weighted by molar-refractivity contribution is 4.87. The summed E-state index contributed by atoms with van der Waals surface area (Å²) < 4.78 is 0. The van der Waals surface area contributed by atoms with Crippen molar-refractivity contribution in [2.75, 3.05) is 32.7 Å². The number of piperazine rings is 1. The second-order valence-corrected chi connectivity index (χ2v) is 5.60. The predicted octanol–water partition coefficient (Wildman–Crippen LogP) is 1.14. The topological polar surface area (TPSA) is 32.5 Å². The highest BCUT2D eigenvalue weighted by Gasteiger charge is 2.30. The maximum absolute atomic E-state index is 6.18. The lowest BCUT2D eigenvalue weighted by atomic mass is 10.1. The van der Waals surface area contributed by atoms with E-state index in [9.17, 15) is 0 Å². The SMILES string of the molecule is CCC(C)N1CCN(CC(N)C2CC2)CC1. The normalized spacial score (nSPS) is 27.9. The van der Waals surface area contributed by atoms with Crippen molar-refractivity contribution in [3.8, 4) is 0 Å². The van der Waals surface area contributed by atoms with Crippen molar-refractivity contribution in [1.82, 2.24) is 9.80 Å². The first-order valence-electron chi connectivity index (χ1n) is 6.92. The number of nitrogens with two attached hydrogens (primary N) is 1. The van der Waals surface area contributed by atoms with E-state index < -0.39 is 0 Å². The fraction of sp³-hybridized carbons (Fsp3) is 1.00. The summed E-state index contributed by atoms with van der Waals surface area (Å²) in [4.78, 5) is 5.17. The molecule has 2 N–H and O–H groups in total. The molecular weight excluding hydrogens is 198 g/mol. The molecule has 0 aromatic carbocycles. The van der Waals surface area contributed by atoms with E-state index >= 15 is 0 Å². The maximum Gasteiger partial charge on any atom is 0.0196 e. The summed E-state index contributed by atoms with van der Waals surface area (Å²) in [6, 6.07) is 1.19. The van der Waals surface area contributed by atoms with Gasteiger partial charge in [0, 0.05) is 44.8 Å². The van der Waals surface area contributed by atoms with Crippen molar-refractivity contribution in [2.24, 2.45) is 11.7 Å². The van der Waals surface area contributed by atoms with Crippen LogP contribution in [0.2, 0.25) is 0 Å². The molecule has 94 valence electrons. The molecular formula is C13H27N3. The third-order valence-electron chi connectivity index (χ3n) is 4.32. The predicted molar refractivity (Wildman–Crippen MR) is 68.5 cm³/mol. The van der Waals surface area contributed by atoms with Gasteiger partial charge >= 0.3 is 0 Å². The Morgan fingerprint density at radius 2 is 1.81 bits per heavy atom. The molecule has 0 amide bonds. The van der Waals surface area contributed by atoms with Gasteiger partial charge in [-0.3, -0.25) is 9.80 Å². The Morgan fingerprint density at radius 1 is 1.19 bits per heavy atom. The number of nitrogens with zero attached hydrogens (tertiary/aromatic N) is 2. The highest BCUT2D eigenvalue weighted by atomic mass is 15.3. The van der Waals surface area contributed by atoms with E-state index in [1.807, 2.05) is 0 Å². The zero-order valence-corrected chi connectivity index (χ0v) is 10.9. The molecule has 3 heteroatoms. The van der Waals surface area contributed by atoms with Crippen LogP contribution in [-0.2, 0) is 0 Å². The molecule has 0 bridgehead atoms. The summed E-state index contributed by atoms with van der Waals surface area (Å²) in [5.74, 6) is 0.840. The minimum Gasteiger partial charge on any atom is -0.326 e.